The average molecular weight is 516 g/mol. The zero-order chi connectivity index (χ0) is 21.8. The molecule has 0 fully saturated rings. The minimum atomic E-state index is -3.86. The van der Waals surface area contributed by atoms with Gasteiger partial charge < -0.3 is 0 Å². The van der Waals surface area contributed by atoms with Gasteiger partial charge in [0.15, 0.2) is 0 Å². The first kappa shape index (κ1) is 21.3. The van der Waals surface area contributed by atoms with Crippen molar-refractivity contribution < 1.29 is 8.42 Å². The van der Waals surface area contributed by atoms with Crippen LogP contribution in [0.5, 0.6) is 0 Å². The first-order valence-corrected chi connectivity index (χ1v) is 11.8. The van der Waals surface area contributed by atoms with E-state index in [1.54, 1.807) is 36.7 Å². The summed E-state index contributed by atoms with van der Waals surface area (Å²) in [4.78, 5) is 4.58. The molecule has 0 aliphatic heterocycles. The molecule has 0 unspecified atom stereocenters. The zero-order valence-electron chi connectivity index (χ0n) is 16.0. The molecule has 1 N–H and O–H groups in total. The number of benzene rings is 3. The maximum atomic E-state index is 12.9. The van der Waals surface area contributed by atoms with Crippen molar-refractivity contribution in [3.05, 3.63) is 100 Å². The normalized spacial score (nSPS) is 11.7. The Morgan fingerprint density at radius 3 is 2.32 bits per heavy atom. The summed E-state index contributed by atoms with van der Waals surface area (Å²) in [7, 11) is -3.86. The Morgan fingerprint density at radius 2 is 1.65 bits per heavy atom. The number of halogens is 2. The third-order valence-corrected chi connectivity index (χ3v) is 6.43. The summed E-state index contributed by atoms with van der Waals surface area (Å²) in [6.07, 6.45) is 3.27. The summed E-state index contributed by atoms with van der Waals surface area (Å²) in [5.74, 6) is 0.0759. The van der Waals surface area contributed by atoms with Crippen LogP contribution in [-0.2, 0) is 10.0 Å². The van der Waals surface area contributed by atoms with Crippen molar-refractivity contribution in [3.63, 3.8) is 0 Å². The van der Waals surface area contributed by atoms with Gasteiger partial charge in [-0.25, -0.2) is 22.8 Å². The number of sulfonamides is 1. The molecule has 0 spiro atoms. The minimum absolute atomic E-state index is 0.0759. The quantitative estimate of drug-likeness (QED) is 0.337. The maximum absolute atomic E-state index is 12.9. The molecule has 0 aliphatic rings. The molecular formula is C22H16BrClN4O2S. The second-order valence-electron chi connectivity index (χ2n) is 6.52. The highest BCUT2D eigenvalue weighted by Gasteiger charge is 2.19. The molecular weight excluding hydrogens is 500 g/mol. The number of imidazole rings is 1. The van der Waals surface area contributed by atoms with Crippen LogP contribution in [0.25, 0.3) is 11.3 Å². The van der Waals surface area contributed by atoms with Crippen LogP contribution < -0.4 is 4.72 Å². The van der Waals surface area contributed by atoms with Gasteiger partial charge in [-0.15, -0.1) is 0 Å². The second-order valence-corrected chi connectivity index (χ2v) is 9.55. The SMILES string of the molecule is O=S(=O)(Nc1nc(-c2ccccc2)cn1/N=C\c1ccc(Cl)cc1)c1ccc(Br)cc1. The number of nitrogens with one attached hydrogen (secondary N) is 1. The van der Waals surface area contributed by atoms with Crippen molar-refractivity contribution in [1.82, 2.24) is 9.66 Å². The van der Waals surface area contributed by atoms with Gasteiger partial charge in [0.2, 0.25) is 5.95 Å². The fraction of sp³-hybridized carbons (Fsp3) is 0. The van der Waals surface area contributed by atoms with Crippen molar-refractivity contribution in [2.24, 2.45) is 5.10 Å². The van der Waals surface area contributed by atoms with Gasteiger partial charge in [0.25, 0.3) is 10.0 Å². The fourth-order valence-corrected chi connectivity index (χ4v) is 4.13. The third-order valence-electron chi connectivity index (χ3n) is 4.31. The van der Waals surface area contributed by atoms with Gasteiger partial charge in [0.05, 0.1) is 23.0 Å². The summed E-state index contributed by atoms with van der Waals surface area (Å²) in [5.41, 5.74) is 2.23. The summed E-state index contributed by atoms with van der Waals surface area (Å²) in [5, 5.41) is 5.02. The van der Waals surface area contributed by atoms with E-state index < -0.39 is 10.0 Å². The van der Waals surface area contributed by atoms with Crippen LogP contribution in [0.15, 0.2) is 99.5 Å². The monoisotopic (exact) mass is 514 g/mol. The molecule has 0 bridgehead atoms. The Hall–Kier alpha value is -2.94. The standard InChI is InChI=1S/C22H16BrClN4O2S/c23-18-8-12-20(13-9-18)31(29,30)27-22-26-21(17-4-2-1-3-5-17)15-28(22)25-14-16-6-10-19(24)11-7-16/h1-15H,(H,26,27)/b25-14-. The summed E-state index contributed by atoms with van der Waals surface area (Å²) < 4.78 is 30.5. The molecule has 0 radical (unpaired) electrons. The zero-order valence-corrected chi connectivity index (χ0v) is 19.1. The molecule has 0 amide bonds. The van der Waals surface area contributed by atoms with E-state index in [0.717, 1.165) is 15.6 Å². The molecule has 156 valence electrons. The molecule has 9 heteroatoms. The van der Waals surface area contributed by atoms with Gasteiger partial charge in [0.1, 0.15) is 0 Å². The number of anilines is 1. The average Bonchev–Trinajstić information content (AvgIpc) is 3.16. The van der Waals surface area contributed by atoms with E-state index in [4.69, 9.17) is 11.6 Å². The Balaban J connectivity index is 1.71. The van der Waals surface area contributed by atoms with Crippen LogP contribution in [-0.4, -0.2) is 24.3 Å². The molecule has 0 saturated heterocycles. The number of aromatic nitrogens is 2. The molecule has 0 aliphatic carbocycles. The molecule has 3 aromatic carbocycles. The number of hydrogen-bond donors (Lipinski definition) is 1. The van der Waals surface area contributed by atoms with Crippen molar-refractivity contribution in [2.75, 3.05) is 4.72 Å². The smallest absolute Gasteiger partial charge is 0.247 e. The van der Waals surface area contributed by atoms with Crippen LogP contribution >= 0.6 is 27.5 Å². The highest BCUT2D eigenvalue weighted by Crippen LogP contribution is 2.23. The van der Waals surface area contributed by atoms with Gasteiger partial charge in [-0.05, 0) is 42.0 Å². The van der Waals surface area contributed by atoms with Crippen molar-refractivity contribution in [3.8, 4) is 11.3 Å². The molecule has 4 rings (SSSR count). The van der Waals surface area contributed by atoms with E-state index in [0.29, 0.717) is 10.7 Å². The Labute approximate surface area is 193 Å². The first-order chi connectivity index (χ1) is 14.9. The lowest BCUT2D eigenvalue weighted by Crippen LogP contribution is -2.15. The molecule has 1 heterocycles. The van der Waals surface area contributed by atoms with Crippen molar-refractivity contribution >= 4 is 49.7 Å². The van der Waals surface area contributed by atoms with Gasteiger partial charge in [-0.1, -0.05) is 70.0 Å². The highest BCUT2D eigenvalue weighted by atomic mass is 79.9. The van der Waals surface area contributed by atoms with Crippen LogP contribution in [0, 0.1) is 0 Å². The Kier molecular flexibility index (Phi) is 6.22. The van der Waals surface area contributed by atoms with Crippen molar-refractivity contribution in [2.45, 2.75) is 4.90 Å². The lowest BCUT2D eigenvalue weighted by atomic mass is 10.2. The predicted octanol–water partition coefficient (Wildman–Crippen LogP) is 5.65. The van der Waals surface area contributed by atoms with E-state index in [1.165, 1.54) is 16.8 Å². The van der Waals surface area contributed by atoms with E-state index >= 15 is 0 Å². The van der Waals surface area contributed by atoms with E-state index in [9.17, 15) is 8.42 Å². The molecule has 0 saturated carbocycles. The van der Waals surface area contributed by atoms with Crippen LogP contribution in [0.1, 0.15) is 5.56 Å². The largest absolute Gasteiger partial charge is 0.264 e. The van der Waals surface area contributed by atoms with Crippen molar-refractivity contribution in [1.29, 1.82) is 0 Å². The Bertz CT molecular complexity index is 1320. The fourth-order valence-electron chi connectivity index (χ4n) is 2.75. The highest BCUT2D eigenvalue weighted by molar-refractivity contribution is 9.10. The molecule has 6 nitrogen and oxygen atoms in total. The van der Waals surface area contributed by atoms with Gasteiger partial charge in [0, 0.05) is 15.1 Å². The van der Waals surface area contributed by atoms with E-state index in [2.05, 4.69) is 30.7 Å². The molecule has 31 heavy (non-hydrogen) atoms. The maximum Gasteiger partial charge on any atom is 0.264 e. The van der Waals surface area contributed by atoms with Gasteiger partial charge in [-0.3, -0.25) is 0 Å². The number of hydrogen-bond acceptors (Lipinski definition) is 4. The third kappa shape index (κ3) is 5.22. The summed E-state index contributed by atoms with van der Waals surface area (Å²) in [6, 6.07) is 22.9. The summed E-state index contributed by atoms with van der Waals surface area (Å²) >= 11 is 9.23. The lowest BCUT2D eigenvalue weighted by molar-refractivity contribution is 0.600. The number of rotatable bonds is 6. The van der Waals surface area contributed by atoms with Crippen LogP contribution in [0.2, 0.25) is 5.02 Å². The Morgan fingerprint density at radius 1 is 0.968 bits per heavy atom. The predicted molar refractivity (Wildman–Crippen MR) is 127 cm³/mol. The number of nitrogens with zero attached hydrogens (tertiary/aromatic N) is 3. The van der Waals surface area contributed by atoms with Crippen LogP contribution in [0.3, 0.4) is 0 Å². The van der Waals surface area contributed by atoms with E-state index in [-0.39, 0.29) is 10.8 Å². The second kappa shape index (κ2) is 9.05. The van der Waals surface area contributed by atoms with Crippen LogP contribution in [0.4, 0.5) is 5.95 Å². The molecule has 1 aromatic heterocycles. The van der Waals surface area contributed by atoms with E-state index in [1.807, 2.05) is 42.5 Å². The lowest BCUT2D eigenvalue weighted by Gasteiger charge is -2.07. The first-order valence-electron chi connectivity index (χ1n) is 9.14. The molecule has 4 aromatic rings. The topological polar surface area (TPSA) is 76.3 Å². The van der Waals surface area contributed by atoms with Gasteiger partial charge >= 0.3 is 0 Å². The molecule has 0 atom stereocenters. The summed E-state index contributed by atoms with van der Waals surface area (Å²) in [6.45, 7) is 0. The van der Waals surface area contributed by atoms with Gasteiger partial charge in [-0.2, -0.15) is 5.10 Å². The minimum Gasteiger partial charge on any atom is -0.247 e.